The van der Waals surface area contributed by atoms with Gasteiger partial charge in [0.25, 0.3) is 0 Å². The molecule has 1 nitrogen and oxygen atoms in total. The van der Waals surface area contributed by atoms with Gasteiger partial charge in [-0.15, -0.1) is 11.6 Å². The van der Waals surface area contributed by atoms with Gasteiger partial charge in [0.15, 0.2) is 0 Å². The molecule has 0 fully saturated rings. The molecule has 110 valence electrons. The molecule has 1 atom stereocenters. The Bertz CT molecular complexity index is 174. The molecule has 0 spiro atoms. The number of hydrogen-bond donors (Lipinski definition) is 0. The van der Waals surface area contributed by atoms with Crippen molar-refractivity contribution in [3.63, 3.8) is 0 Å². The van der Waals surface area contributed by atoms with Crippen LogP contribution in [0.25, 0.3) is 0 Å². The molecule has 0 amide bonds. The van der Waals surface area contributed by atoms with Crippen molar-refractivity contribution in [2.24, 2.45) is 0 Å². The maximum atomic E-state index is 6.42. The molecule has 2 heteroatoms. The van der Waals surface area contributed by atoms with Crippen LogP contribution in [0.4, 0.5) is 0 Å². The summed E-state index contributed by atoms with van der Waals surface area (Å²) in [7, 11) is 0. The summed E-state index contributed by atoms with van der Waals surface area (Å²) in [6.45, 7) is 9.45. The topological polar surface area (TPSA) is 9.23 Å². The third kappa shape index (κ3) is 10.2. The lowest BCUT2D eigenvalue weighted by Gasteiger charge is -2.28. The van der Waals surface area contributed by atoms with Crippen LogP contribution in [0.5, 0.6) is 0 Å². The first-order valence-corrected chi connectivity index (χ1v) is 8.20. The van der Waals surface area contributed by atoms with Crippen molar-refractivity contribution < 1.29 is 4.74 Å². The molecule has 0 aliphatic carbocycles. The fourth-order valence-electron chi connectivity index (χ4n) is 2.10. The van der Waals surface area contributed by atoms with Crippen LogP contribution in [0.2, 0.25) is 0 Å². The lowest BCUT2D eigenvalue weighted by atomic mass is 9.99. The van der Waals surface area contributed by atoms with E-state index in [1.165, 1.54) is 44.9 Å². The maximum absolute atomic E-state index is 6.42. The van der Waals surface area contributed by atoms with Crippen LogP contribution < -0.4 is 0 Å². The minimum atomic E-state index is -0.239. The summed E-state index contributed by atoms with van der Waals surface area (Å²) in [5.74, 6) is 0. The fraction of sp³-hybridized carbons (Fsp3) is 1.00. The van der Waals surface area contributed by atoms with E-state index in [1.54, 1.807) is 0 Å². The first-order valence-electron chi connectivity index (χ1n) is 7.82. The summed E-state index contributed by atoms with van der Waals surface area (Å²) in [6, 6.07) is 0. The van der Waals surface area contributed by atoms with Crippen LogP contribution in [0, 0.1) is 0 Å². The number of ether oxygens (including phenoxy) is 1. The van der Waals surface area contributed by atoms with Gasteiger partial charge in [0, 0.05) is 6.61 Å². The van der Waals surface area contributed by atoms with Gasteiger partial charge in [-0.3, -0.25) is 0 Å². The van der Waals surface area contributed by atoms with Crippen LogP contribution in [0.1, 0.15) is 85.5 Å². The van der Waals surface area contributed by atoms with Crippen molar-refractivity contribution >= 4 is 11.6 Å². The molecule has 0 N–H and O–H groups in total. The van der Waals surface area contributed by atoms with E-state index in [4.69, 9.17) is 16.3 Å². The SMILES string of the molecule is CCCCCCCCC(OCCCC)C(C)(C)Cl. The standard InChI is InChI=1S/C16H33ClO/c1-5-7-9-10-11-12-13-15(16(3,4)17)18-14-8-6-2/h15H,5-14H2,1-4H3. The zero-order valence-corrected chi connectivity index (χ0v) is 13.7. The molecule has 0 saturated heterocycles. The first-order chi connectivity index (χ1) is 8.52. The van der Waals surface area contributed by atoms with E-state index in [0.29, 0.717) is 0 Å². The molecule has 0 bridgehead atoms. The average molecular weight is 277 g/mol. The van der Waals surface area contributed by atoms with E-state index < -0.39 is 0 Å². The number of hydrogen-bond acceptors (Lipinski definition) is 1. The second kappa shape index (κ2) is 11.1. The second-order valence-electron chi connectivity index (χ2n) is 5.83. The van der Waals surface area contributed by atoms with Gasteiger partial charge in [-0.2, -0.15) is 0 Å². The highest BCUT2D eigenvalue weighted by Crippen LogP contribution is 2.26. The third-order valence-corrected chi connectivity index (χ3v) is 3.65. The monoisotopic (exact) mass is 276 g/mol. The van der Waals surface area contributed by atoms with E-state index in [1.807, 2.05) is 0 Å². The Labute approximate surface area is 120 Å². The Morgan fingerprint density at radius 1 is 0.889 bits per heavy atom. The Balaban J connectivity index is 3.73. The summed E-state index contributed by atoms with van der Waals surface area (Å²) in [6.07, 6.45) is 11.6. The molecule has 18 heavy (non-hydrogen) atoms. The van der Waals surface area contributed by atoms with E-state index in [0.717, 1.165) is 19.4 Å². The largest absolute Gasteiger partial charge is 0.376 e. The van der Waals surface area contributed by atoms with E-state index >= 15 is 0 Å². The first kappa shape index (κ1) is 18.2. The summed E-state index contributed by atoms with van der Waals surface area (Å²) in [4.78, 5) is -0.239. The van der Waals surface area contributed by atoms with Crippen molar-refractivity contribution in [1.82, 2.24) is 0 Å². The normalized spacial score (nSPS) is 13.8. The number of unbranched alkanes of at least 4 members (excludes halogenated alkanes) is 6. The minimum Gasteiger partial charge on any atom is -0.376 e. The number of rotatable bonds is 12. The van der Waals surface area contributed by atoms with Crippen molar-refractivity contribution in [2.75, 3.05) is 6.61 Å². The van der Waals surface area contributed by atoms with Crippen LogP contribution in [-0.4, -0.2) is 17.6 Å². The second-order valence-corrected chi connectivity index (χ2v) is 6.81. The molecule has 0 saturated carbocycles. The molecule has 0 radical (unpaired) electrons. The van der Waals surface area contributed by atoms with E-state index in [9.17, 15) is 0 Å². The Kier molecular flexibility index (Phi) is 11.3. The molecule has 0 aromatic heterocycles. The van der Waals surface area contributed by atoms with Crippen molar-refractivity contribution in [1.29, 1.82) is 0 Å². The summed E-state index contributed by atoms with van der Waals surface area (Å²) < 4.78 is 5.94. The van der Waals surface area contributed by atoms with Gasteiger partial charge in [-0.05, 0) is 26.7 Å². The summed E-state index contributed by atoms with van der Waals surface area (Å²) >= 11 is 6.42. The molecular formula is C16H33ClO. The minimum absolute atomic E-state index is 0.205. The lowest BCUT2D eigenvalue weighted by Crippen LogP contribution is -2.33. The molecule has 0 aliphatic heterocycles. The molecule has 1 unspecified atom stereocenters. The molecule has 0 aliphatic rings. The molecule has 0 rings (SSSR count). The van der Waals surface area contributed by atoms with Crippen LogP contribution in [0.3, 0.4) is 0 Å². The van der Waals surface area contributed by atoms with Gasteiger partial charge in [0.1, 0.15) is 0 Å². The quantitative estimate of drug-likeness (QED) is 0.317. The predicted octanol–water partition coefficient (Wildman–Crippen LogP) is 5.94. The number of halogens is 1. The van der Waals surface area contributed by atoms with Gasteiger partial charge in [0.05, 0.1) is 11.0 Å². The molecule has 0 aromatic rings. The van der Waals surface area contributed by atoms with Gasteiger partial charge in [-0.25, -0.2) is 0 Å². The fourth-order valence-corrected chi connectivity index (χ4v) is 2.28. The van der Waals surface area contributed by atoms with Gasteiger partial charge in [0.2, 0.25) is 0 Å². The van der Waals surface area contributed by atoms with Gasteiger partial charge >= 0.3 is 0 Å². The highest BCUT2D eigenvalue weighted by Gasteiger charge is 2.27. The average Bonchev–Trinajstić information content (AvgIpc) is 2.30. The highest BCUT2D eigenvalue weighted by atomic mass is 35.5. The lowest BCUT2D eigenvalue weighted by molar-refractivity contribution is 0.0226. The van der Waals surface area contributed by atoms with Gasteiger partial charge < -0.3 is 4.74 Å². The van der Waals surface area contributed by atoms with Crippen molar-refractivity contribution in [3.8, 4) is 0 Å². The summed E-state index contributed by atoms with van der Waals surface area (Å²) in [5, 5.41) is 0. The Hall–Kier alpha value is 0.250. The molecular weight excluding hydrogens is 244 g/mol. The van der Waals surface area contributed by atoms with Crippen molar-refractivity contribution in [2.45, 2.75) is 96.5 Å². The predicted molar refractivity (Wildman–Crippen MR) is 82.6 cm³/mol. The van der Waals surface area contributed by atoms with Crippen LogP contribution in [-0.2, 0) is 4.74 Å². The Morgan fingerprint density at radius 3 is 2.00 bits per heavy atom. The molecule has 0 aromatic carbocycles. The maximum Gasteiger partial charge on any atom is 0.0761 e. The van der Waals surface area contributed by atoms with Crippen molar-refractivity contribution in [3.05, 3.63) is 0 Å². The third-order valence-electron chi connectivity index (χ3n) is 3.40. The molecule has 0 heterocycles. The Morgan fingerprint density at radius 2 is 1.44 bits per heavy atom. The van der Waals surface area contributed by atoms with E-state index in [2.05, 4.69) is 27.7 Å². The van der Waals surface area contributed by atoms with Crippen LogP contribution >= 0.6 is 11.6 Å². The zero-order valence-electron chi connectivity index (χ0n) is 12.9. The van der Waals surface area contributed by atoms with Gasteiger partial charge in [-0.1, -0.05) is 58.8 Å². The number of alkyl halides is 1. The zero-order chi connectivity index (χ0) is 13.9. The van der Waals surface area contributed by atoms with Crippen LogP contribution in [0.15, 0.2) is 0 Å². The summed E-state index contributed by atoms with van der Waals surface area (Å²) in [5.41, 5.74) is 0. The smallest absolute Gasteiger partial charge is 0.0761 e. The van der Waals surface area contributed by atoms with E-state index in [-0.39, 0.29) is 11.0 Å². The highest BCUT2D eigenvalue weighted by molar-refractivity contribution is 6.23.